The van der Waals surface area contributed by atoms with E-state index < -0.39 is 5.97 Å². The fraction of sp³-hybridized carbons (Fsp3) is 0.0714. The van der Waals surface area contributed by atoms with Crippen LogP contribution in [0.1, 0.15) is 15.9 Å². The van der Waals surface area contributed by atoms with Gasteiger partial charge in [-0.05, 0) is 23.8 Å². The number of carboxylic acid groups (broad SMARTS) is 1. The van der Waals surface area contributed by atoms with E-state index in [0.717, 1.165) is 10.5 Å². The highest BCUT2D eigenvalue weighted by molar-refractivity contribution is 7.98. The summed E-state index contributed by atoms with van der Waals surface area (Å²) in [6.45, 7) is 0. The summed E-state index contributed by atoms with van der Waals surface area (Å²) in [4.78, 5) is 11.8. The second kappa shape index (κ2) is 5.94. The second-order valence-electron chi connectivity index (χ2n) is 3.68. The number of halogens is 1. The molecule has 1 N–H and O–H groups in total. The van der Waals surface area contributed by atoms with Crippen molar-refractivity contribution in [2.75, 3.05) is 0 Å². The molecule has 0 unspecified atom stereocenters. The molecule has 0 aromatic heterocycles. The Bertz CT molecular complexity index is 569. The summed E-state index contributed by atoms with van der Waals surface area (Å²) >= 11 is 7.54. The van der Waals surface area contributed by atoms with Crippen LogP contribution < -0.4 is 0 Å². The molecule has 0 bridgehead atoms. The van der Waals surface area contributed by atoms with Gasteiger partial charge in [-0.2, -0.15) is 0 Å². The van der Waals surface area contributed by atoms with Crippen LogP contribution in [-0.2, 0) is 5.75 Å². The Labute approximate surface area is 115 Å². The maximum absolute atomic E-state index is 11.1. The van der Waals surface area contributed by atoms with Crippen molar-refractivity contribution >= 4 is 29.3 Å². The maximum Gasteiger partial charge on any atom is 0.336 e. The van der Waals surface area contributed by atoms with Gasteiger partial charge in [-0.15, -0.1) is 11.8 Å². The molecule has 2 aromatic carbocycles. The predicted octanol–water partition coefficient (Wildman–Crippen LogP) is 4.33. The van der Waals surface area contributed by atoms with Gasteiger partial charge in [0.25, 0.3) is 0 Å². The minimum atomic E-state index is -0.905. The van der Waals surface area contributed by atoms with Crippen molar-refractivity contribution in [2.24, 2.45) is 0 Å². The molecular weight excluding hydrogens is 268 g/mol. The topological polar surface area (TPSA) is 37.3 Å². The van der Waals surface area contributed by atoms with Gasteiger partial charge in [0.05, 0.1) is 5.56 Å². The van der Waals surface area contributed by atoms with E-state index >= 15 is 0 Å². The van der Waals surface area contributed by atoms with Crippen LogP contribution in [0.15, 0.2) is 53.4 Å². The molecule has 0 heterocycles. The number of aromatic carboxylic acids is 1. The van der Waals surface area contributed by atoms with Gasteiger partial charge in [-0.1, -0.05) is 41.9 Å². The Balaban J connectivity index is 2.16. The Kier molecular flexibility index (Phi) is 4.28. The van der Waals surface area contributed by atoms with Gasteiger partial charge in [0.2, 0.25) is 0 Å². The van der Waals surface area contributed by atoms with Gasteiger partial charge < -0.3 is 5.11 Å². The number of carbonyl (C=O) groups is 1. The smallest absolute Gasteiger partial charge is 0.336 e. The first-order chi connectivity index (χ1) is 8.68. The molecule has 0 spiro atoms. The number of thioether (sulfide) groups is 1. The first-order valence-electron chi connectivity index (χ1n) is 5.37. The molecule has 92 valence electrons. The van der Waals surface area contributed by atoms with E-state index in [9.17, 15) is 4.79 Å². The van der Waals surface area contributed by atoms with E-state index in [4.69, 9.17) is 16.7 Å². The van der Waals surface area contributed by atoms with E-state index in [2.05, 4.69) is 0 Å². The first-order valence-corrected chi connectivity index (χ1v) is 6.73. The first kappa shape index (κ1) is 13.0. The van der Waals surface area contributed by atoms with E-state index in [1.165, 1.54) is 11.8 Å². The summed E-state index contributed by atoms with van der Waals surface area (Å²) < 4.78 is 0. The van der Waals surface area contributed by atoms with Crippen molar-refractivity contribution in [1.29, 1.82) is 0 Å². The Morgan fingerprint density at radius 3 is 2.50 bits per heavy atom. The molecule has 4 heteroatoms. The Morgan fingerprint density at radius 1 is 1.11 bits per heavy atom. The van der Waals surface area contributed by atoms with Crippen LogP contribution in [0.3, 0.4) is 0 Å². The molecule has 0 saturated heterocycles. The lowest BCUT2D eigenvalue weighted by atomic mass is 10.2. The highest BCUT2D eigenvalue weighted by Crippen LogP contribution is 2.28. The van der Waals surface area contributed by atoms with Crippen molar-refractivity contribution in [2.45, 2.75) is 10.6 Å². The van der Waals surface area contributed by atoms with Crippen LogP contribution in [0.2, 0.25) is 5.02 Å². The van der Waals surface area contributed by atoms with E-state index in [0.29, 0.717) is 16.3 Å². The third-order valence-electron chi connectivity index (χ3n) is 2.46. The molecule has 0 aliphatic heterocycles. The number of hydrogen-bond acceptors (Lipinski definition) is 2. The molecule has 2 aromatic rings. The van der Waals surface area contributed by atoms with Crippen molar-refractivity contribution in [3.05, 3.63) is 64.7 Å². The van der Waals surface area contributed by atoms with E-state index in [-0.39, 0.29) is 0 Å². The summed E-state index contributed by atoms with van der Waals surface area (Å²) in [7, 11) is 0. The summed E-state index contributed by atoms with van der Waals surface area (Å²) in [5.74, 6) is -0.249. The SMILES string of the molecule is O=C(O)c1ccccc1SCc1ccccc1Cl. The van der Waals surface area contributed by atoms with Crippen LogP contribution in [0.5, 0.6) is 0 Å². The fourth-order valence-electron chi connectivity index (χ4n) is 1.54. The normalized spacial score (nSPS) is 10.3. The molecule has 2 rings (SSSR count). The second-order valence-corrected chi connectivity index (χ2v) is 5.11. The predicted molar refractivity (Wildman–Crippen MR) is 74.4 cm³/mol. The zero-order valence-electron chi connectivity index (χ0n) is 9.47. The number of carboxylic acids is 1. The summed E-state index contributed by atoms with van der Waals surface area (Å²) in [5.41, 5.74) is 1.33. The summed E-state index contributed by atoms with van der Waals surface area (Å²) in [5, 5.41) is 9.78. The Hall–Kier alpha value is -1.45. The van der Waals surface area contributed by atoms with Crippen molar-refractivity contribution in [1.82, 2.24) is 0 Å². The van der Waals surface area contributed by atoms with Crippen LogP contribution in [0.4, 0.5) is 0 Å². The third kappa shape index (κ3) is 3.06. The molecule has 0 amide bonds. The molecular formula is C14H11ClO2S. The quantitative estimate of drug-likeness (QED) is 0.846. The Morgan fingerprint density at radius 2 is 1.78 bits per heavy atom. The monoisotopic (exact) mass is 278 g/mol. The molecule has 0 aliphatic carbocycles. The van der Waals surface area contributed by atoms with Crippen LogP contribution in [0.25, 0.3) is 0 Å². The van der Waals surface area contributed by atoms with Crippen molar-refractivity contribution in [3.8, 4) is 0 Å². The van der Waals surface area contributed by atoms with Gasteiger partial charge >= 0.3 is 5.97 Å². The van der Waals surface area contributed by atoms with Crippen molar-refractivity contribution in [3.63, 3.8) is 0 Å². The van der Waals surface area contributed by atoms with Crippen molar-refractivity contribution < 1.29 is 9.90 Å². The van der Waals surface area contributed by atoms with Gasteiger partial charge in [0.1, 0.15) is 0 Å². The summed E-state index contributed by atoms with van der Waals surface area (Å²) in [6, 6.07) is 14.6. The summed E-state index contributed by atoms with van der Waals surface area (Å²) in [6.07, 6.45) is 0. The molecule has 0 saturated carbocycles. The highest BCUT2D eigenvalue weighted by Gasteiger charge is 2.09. The molecule has 0 radical (unpaired) electrons. The number of benzene rings is 2. The molecule has 0 atom stereocenters. The molecule has 0 fully saturated rings. The molecule has 18 heavy (non-hydrogen) atoms. The molecule has 2 nitrogen and oxygen atoms in total. The van der Waals surface area contributed by atoms with Gasteiger partial charge in [0, 0.05) is 15.7 Å². The zero-order valence-corrected chi connectivity index (χ0v) is 11.0. The minimum absolute atomic E-state index is 0.328. The lowest BCUT2D eigenvalue weighted by molar-refractivity contribution is 0.0693. The minimum Gasteiger partial charge on any atom is -0.478 e. The zero-order chi connectivity index (χ0) is 13.0. The van der Waals surface area contributed by atoms with Gasteiger partial charge in [-0.3, -0.25) is 0 Å². The fourth-order valence-corrected chi connectivity index (χ4v) is 2.87. The van der Waals surface area contributed by atoms with E-state index in [1.807, 2.05) is 36.4 Å². The average molecular weight is 279 g/mol. The van der Waals surface area contributed by atoms with E-state index in [1.54, 1.807) is 12.1 Å². The van der Waals surface area contributed by atoms with Gasteiger partial charge in [-0.25, -0.2) is 4.79 Å². The lowest BCUT2D eigenvalue weighted by Crippen LogP contribution is -1.98. The lowest BCUT2D eigenvalue weighted by Gasteiger charge is -2.06. The largest absolute Gasteiger partial charge is 0.478 e. The standard InChI is InChI=1S/C14H11ClO2S/c15-12-7-3-1-5-10(12)9-18-13-8-4-2-6-11(13)14(16)17/h1-8H,9H2,(H,16,17). The van der Waals surface area contributed by atoms with Gasteiger partial charge in [0.15, 0.2) is 0 Å². The number of hydrogen-bond donors (Lipinski definition) is 1. The average Bonchev–Trinajstić information content (AvgIpc) is 2.38. The molecule has 0 aliphatic rings. The number of rotatable bonds is 4. The van der Waals surface area contributed by atoms with Crippen LogP contribution >= 0.6 is 23.4 Å². The highest BCUT2D eigenvalue weighted by atomic mass is 35.5. The van der Waals surface area contributed by atoms with Crippen LogP contribution in [-0.4, -0.2) is 11.1 Å². The maximum atomic E-state index is 11.1. The third-order valence-corrected chi connectivity index (χ3v) is 3.95. The van der Waals surface area contributed by atoms with Crippen LogP contribution in [0, 0.1) is 0 Å².